The number of aromatic nitrogens is 3. The Morgan fingerprint density at radius 3 is 2.28 bits per heavy atom. The van der Waals surface area contributed by atoms with Crippen LogP contribution in [0.1, 0.15) is 22.8 Å². The predicted molar refractivity (Wildman–Crippen MR) is 94.7 cm³/mol. The lowest BCUT2D eigenvalue weighted by Gasteiger charge is -2.25. The van der Waals surface area contributed by atoms with Gasteiger partial charge in [-0.1, -0.05) is 12.1 Å². The van der Waals surface area contributed by atoms with E-state index in [-0.39, 0.29) is 17.7 Å². The van der Waals surface area contributed by atoms with Crippen LogP contribution >= 0.6 is 0 Å². The Hall–Kier alpha value is -3.15. The van der Waals surface area contributed by atoms with E-state index in [0.29, 0.717) is 5.56 Å². The maximum Gasteiger partial charge on any atom is 0.253 e. The standard InChI is InChI=1S/C19H20N4O2/c1-14(11-15-3-9-18(24)10-4-15)22(2)19(25)16-5-7-17(8-6-16)23-12-20-21-13-23/h3-10,12-14,24H,11H2,1-2H3/t14-/m1/s1. The van der Waals surface area contributed by atoms with E-state index >= 15 is 0 Å². The molecule has 128 valence electrons. The van der Waals surface area contributed by atoms with Crippen LogP contribution in [0.2, 0.25) is 0 Å². The Labute approximate surface area is 146 Å². The van der Waals surface area contributed by atoms with E-state index in [9.17, 15) is 9.90 Å². The lowest BCUT2D eigenvalue weighted by Crippen LogP contribution is -2.36. The molecular weight excluding hydrogens is 316 g/mol. The summed E-state index contributed by atoms with van der Waals surface area (Å²) in [5.41, 5.74) is 2.62. The van der Waals surface area contributed by atoms with Crippen LogP contribution < -0.4 is 0 Å². The number of phenolic OH excluding ortho intramolecular Hbond substituents is 1. The Morgan fingerprint density at radius 2 is 1.68 bits per heavy atom. The molecule has 1 N–H and O–H groups in total. The maximum absolute atomic E-state index is 12.7. The van der Waals surface area contributed by atoms with Crippen molar-refractivity contribution in [3.63, 3.8) is 0 Å². The molecule has 0 aliphatic heterocycles. The highest BCUT2D eigenvalue weighted by Crippen LogP contribution is 2.15. The normalized spacial score (nSPS) is 11.9. The van der Waals surface area contributed by atoms with Crippen LogP contribution in [-0.4, -0.2) is 43.8 Å². The zero-order valence-electron chi connectivity index (χ0n) is 14.2. The summed E-state index contributed by atoms with van der Waals surface area (Å²) in [4.78, 5) is 14.4. The fraction of sp³-hybridized carbons (Fsp3) is 0.211. The van der Waals surface area contributed by atoms with E-state index in [1.807, 2.05) is 31.2 Å². The topological polar surface area (TPSA) is 71.2 Å². The molecule has 0 fully saturated rings. The molecule has 2 aromatic carbocycles. The molecule has 1 aromatic heterocycles. The number of likely N-dealkylation sites (N-methyl/N-ethyl adjacent to an activating group) is 1. The molecule has 6 nitrogen and oxygen atoms in total. The molecule has 0 unspecified atom stereocenters. The smallest absolute Gasteiger partial charge is 0.253 e. The van der Waals surface area contributed by atoms with Crippen molar-refractivity contribution in [1.29, 1.82) is 0 Å². The van der Waals surface area contributed by atoms with Crippen LogP contribution in [0.25, 0.3) is 5.69 Å². The summed E-state index contributed by atoms with van der Waals surface area (Å²) in [6, 6.07) is 14.5. The molecule has 1 atom stereocenters. The van der Waals surface area contributed by atoms with Gasteiger partial charge in [-0.3, -0.25) is 9.36 Å². The Kier molecular flexibility index (Phi) is 4.79. The molecule has 0 aliphatic rings. The number of benzene rings is 2. The van der Waals surface area contributed by atoms with Crippen molar-refractivity contribution in [2.75, 3.05) is 7.05 Å². The highest BCUT2D eigenvalue weighted by Gasteiger charge is 2.18. The quantitative estimate of drug-likeness (QED) is 0.777. The van der Waals surface area contributed by atoms with Gasteiger partial charge in [0.1, 0.15) is 18.4 Å². The van der Waals surface area contributed by atoms with Crippen LogP contribution in [0.5, 0.6) is 5.75 Å². The summed E-state index contributed by atoms with van der Waals surface area (Å²) in [7, 11) is 1.81. The average molecular weight is 336 g/mol. The molecule has 1 amide bonds. The summed E-state index contributed by atoms with van der Waals surface area (Å²) in [6.07, 6.45) is 3.95. The number of nitrogens with zero attached hydrogens (tertiary/aromatic N) is 4. The van der Waals surface area contributed by atoms with Gasteiger partial charge in [0, 0.05) is 24.3 Å². The molecule has 3 aromatic rings. The summed E-state index contributed by atoms with van der Waals surface area (Å²) in [6.45, 7) is 2.01. The second-order valence-electron chi connectivity index (χ2n) is 6.05. The number of hydrogen-bond acceptors (Lipinski definition) is 4. The van der Waals surface area contributed by atoms with E-state index in [1.165, 1.54) is 0 Å². The van der Waals surface area contributed by atoms with E-state index < -0.39 is 0 Å². The first kappa shape index (κ1) is 16.7. The van der Waals surface area contributed by atoms with Crippen LogP contribution in [0.15, 0.2) is 61.2 Å². The van der Waals surface area contributed by atoms with Crippen molar-refractivity contribution in [3.05, 3.63) is 72.3 Å². The number of aromatic hydroxyl groups is 1. The molecule has 25 heavy (non-hydrogen) atoms. The summed E-state index contributed by atoms with van der Waals surface area (Å²) >= 11 is 0. The summed E-state index contributed by atoms with van der Waals surface area (Å²) in [5, 5.41) is 16.9. The fourth-order valence-electron chi connectivity index (χ4n) is 2.62. The maximum atomic E-state index is 12.7. The molecule has 0 aliphatic carbocycles. The molecule has 0 bridgehead atoms. The lowest BCUT2D eigenvalue weighted by atomic mass is 10.1. The third-order valence-corrected chi connectivity index (χ3v) is 4.28. The minimum Gasteiger partial charge on any atom is -0.508 e. The number of hydrogen-bond donors (Lipinski definition) is 1. The fourth-order valence-corrected chi connectivity index (χ4v) is 2.62. The van der Waals surface area contributed by atoms with Gasteiger partial charge >= 0.3 is 0 Å². The van der Waals surface area contributed by atoms with E-state index in [2.05, 4.69) is 10.2 Å². The van der Waals surface area contributed by atoms with Crippen molar-refractivity contribution in [2.45, 2.75) is 19.4 Å². The number of carbonyl (C=O) groups is 1. The van der Waals surface area contributed by atoms with Crippen molar-refractivity contribution in [1.82, 2.24) is 19.7 Å². The second-order valence-corrected chi connectivity index (χ2v) is 6.05. The monoisotopic (exact) mass is 336 g/mol. The van der Waals surface area contributed by atoms with Gasteiger partial charge in [0.25, 0.3) is 5.91 Å². The zero-order chi connectivity index (χ0) is 17.8. The molecule has 3 rings (SSSR count). The third kappa shape index (κ3) is 3.85. The van der Waals surface area contributed by atoms with Crippen molar-refractivity contribution in [3.8, 4) is 11.4 Å². The first-order valence-electron chi connectivity index (χ1n) is 8.05. The third-order valence-electron chi connectivity index (χ3n) is 4.28. The number of amides is 1. The average Bonchev–Trinajstić information content (AvgIpc) is 3.17. The summed E-state index contributed by atoms with van der Waals surface area (Å²) in [5.74, 6) is 0.218. The van der Waals surface area contributed by atoms with Gasteiger partial charge in [-0.2, -0.15) is 0 Å². The zero-order valence-corrected chi connectivity index (χ0v) is 14.2. The molecule has 0 spiro atoms. The highest BCUT2D eigenvalue weighted by atomic mass is 16.3. The molecule has 0 radical (unpaired) electrons. The van der Waals surface area contributed by atoms with Crippen molar-refractivity contribution < 1.29 is 9.90 Å². The van der Waals surface area contributed by atoms with E-state index in [1.54, 1.807) is 53.4 Å². The second kappa shape index (κ2) is 7.17. The van der Waals surface area contributed by atoms with Crippen LogP contribution in [0.3, 0.4) is 0 Å². The van der Waals surface area contributed by atoms with Gasteiger partial charge in [0.15, 0.2) is 0 Å². The Bertz CT molecular complexity index is 827. The van der Waals surface area contributed by atoms with Gasteiger partial charge in [-0.15, -0.1) is 10.2 Å². The van der Waals surface area contributed by atoms with Crippen molar-refractivity contribution >= 4 is 5.91 Å². The molecule has 1 heterocycles. The van der Waals surface area contributed by atoms with Crippen LogP contribution in [0.4, 0.5) is 0 Å². The first-order valence-corrected chi connectivity index (χ1v) is 8.05. The molecular formula is C19H20N4O2. The Morgan fingerprint density at radius 1 is 1.08 bits per heavy atom. The van der Waals surface area contributed by atoms with Gasteiger partial charge in [-0.05, 0) is 55.3 Å². The van der Waals surface area contributed by atoms with Gasteiger partial charge in [-0.25, -0.2) is 0 Å². The highest BCUT2D eigenvalue weighted by molar-refractivity contribution is 5.94. The minimum atomic E-state index is -0.0263. The predicted octanol–water partition coefficient (Wildman–Crippen LogP) is 2.68. The first-order chi connectivity index (χ1) is 12.0. The molecule has 6 heteroatoms. The number of rotatable bonds is 5. The minimum absolute atomic E-state index is 0.0263. The lowest BCUT2D eigenvalue weighted by molar-refractivity contribution is 0.0743. The van der Waals surface area contributed by atoms with E-state index in [0.717, 1.165) is 17.7 Å². The van der Waals surface area contributed by atoms with E-state index in [4.69, 9.17) is 0 Å². The molecule has 0 saturated heterocycles. The number of phenols is 1. The SMILES string of the molecule is C[C@H](Cc1ccc(O)cc1)N(C)C(=O)c1ccc(-n2cnnc2)cc1. The number of carbonyl (C=O) groups excluding carboxylic acids is 1. The van der Waals surface area contributed by atoms with Gasteiger partial charge in [0.05, 0.1) is 0 Å². The van der Waals surface area contributed by atoms with Gasteiger partial charge < -0.3 is 10.0 Å². The largest absolute Gasteiger partial charge is 0.508 e. The van der Waals surface area contributed by atoms with Crippen molar-refractivity contribution in [2.24, 2.45) is 0 Å². The summed E-state index contributed by atoms with van der Waals surface area (Å²) < 4.78 is 1.78. The van der Waals surface area contributed by atoms with Gasteiger partial charge in [0.2, 0.25) is 0 Å². The van der Waals surface area contributed by atoms with Crippen LogP contribution in [-0.2, 0) is 6.42 Å². The van der Waals surface area contributed by atoms with Crippen LogP contribution in [0, 0.1) is 0 Å². The molecule has 0 saturated carbocycles. The Balaban J connectivity index is 1.67.